The van der Waals surface area contributed by atoms with Crippen LogP contribution in [0.2, 0.25) is 0 Å². The Hall–Kier alpha value is -1.71. The van der Waals surface area contributed by atoms with Crippen molar-refractivity contribution in [1.29, 1.82) is 0 Å². The van der Waals surface area contributed by atoms with E-state index in [-0.39, 0.29) is 0 Å². The fraction of sp³-hybridized carbons (Fsp3) is 0.300. The fourth-order valence-corrected chi connectivity index (χ4v) is 0.916. The number of benzene rings is 1. The van der Waals surface area contributed by atoms with Crippen molar-refractivity contribution in [3.8, 4) is 11.5 Å². The van der Waals surface area contributed by atoms with Crippen LogP contribution in [0.25, 0.3) is 0 Å². The molecule has 0 heterocycles. The van der Waals surface area contributed by atoms with Crippen molar-refractivity contribution in [2.24, 2.45) is 5.73 Å². The van der Waals surface area contributed by atoms with Gasteiger partial charge in [-0.05, 0) is 31.2 Å². The molecule has 0 saturated heterocycles. The normalized spacial score (nSPS) is 11.9. The molecule has 4 heteroatoms. The molecule has 1 aromatic carbocycles. The highest BCUT2D eigenvalue weighted by molar-refractivity contribution is 5.78. The van der Waals surface area contributed by atoms with E-state index in [1.165, 1.54) is 0 Å². The second kappa shape index (κ2) is 4.50. The van der Waals surface area contributed by atoms with Crippen LogP contribution in [0.3, 0.4) is 0 Å². The quantitative estimate of drug-likeness (QED) is 0.778. The second-order valence-corrected chi connectivity index (χ2v) is 2.84. The molecular formula is C10H13NO3. The van der Waals surface area contributed by atoms with Crippen LogP contribution in [0, 0.1) is 0 Å². The van der Waals surface area contributed by atoms with Gasteiger partial charge in [-0.15, -0.1) is 0 Å². The summed E-state index contributed by atoms with van der Waals surface area (Å²) in [5, 5.41) is 0. The molecule has 0 aliphatic heterocycles. The van der Waals surface area contributed by atoms with Gasteiger partial charge in [-0.3, -0.25) is 4.79 Å². The standard InChI is InChI=1S/C10H13NO3/c1-7(10(11)12)14-9-5-3-8(13-2)4-6-9/h3-7H,1-2H3,(H2,11,12)/t7-/m1/s1. The molecule has 0 spiro atoms. The maximum atomic E-state index is 10.7. The van der Waals surface area contributed by atoms with E-state index in [0.717, 1.165) is 5.75 Å². The monoisotopic (exact) mass is 195 g/mol. The lowest BCUT2D eigenvalue weighted by Crippen LogP contribution is -2.30. The molecule has 76 valence electrons. The van der Waals surface area contributed by atoms with Crippen LogP contribution in [-0.2, 0) is 4.79 Å². The lowest BCUT2D eigenvalue weighted by atomic mass is 10.3. The van der Waals surface area contributed by atoms with Crippen LogP contribution in [0.1, 0.15) is 6.92 Å². The van der Waals surface area contributed by atoms with E-state index in [0.29, 0.717) is 5.75 Å². The van der Waals surface area contributed by atoms with Crippen LogP contribution >= 0.6 is 0 Å². The number of ether oxygens (including phenoxy) is 2. The highest BCUT2D eigenvalue weighted by atomic mass is 16.5. The van der Waals surface area contributed by atoms with Crippen LogP contribution in [0.5, 0.6) is 11.5 Å². The molecule has 4 nitrogen and oxygen atoms in total. The smallest absolute Gasteiger partial charge is 0.258 e. The number of nitrogens with two attached hydrogens (primary N) is 1. The molecule has 0 bridgehead atoms. The minimum atomic E-state index is -0.622. The molecule has 0 aliphatic carbocycles. The number of amides is 1. The van der Waals surface area contributed by atoms with Crippen LogP contribution < -0.4 is 15.2 Å². The van der Waals surface area contributed by atoms with Crippen molar-refractivity contribution in [2.45, 2.75) is 13.0 Å². The maximum Gasteiger partial charge on any atom is 0.258 e. The molecule has 1 rings (SSSR count). The average Bonchev–Trinajstić information content (AvgIpc) is 2.19. The number of hydrogen-bond donors (Lipinski definition) is 1. The van der Waals surface area contributed by atoms with Crippen molar-refractivity contribution in [2.75, 3.05) is 7.11 Å². The number of methoxy groups -OCH3 is 1. The zero-order chi connectivity index (χ0) is 10.6. The van der Waals surface area contributed by atoms with E-state index >= 15 is 0 Å². The molecule has 1 aromatic rings. The number of carbonyl (C=O) groups is 1. The first-order valence-corrected chi connectivity index (χ1v) is 4.23. The van der Waals surface area contributed by atoms with Crippen molar-refractivity contribution in [3.05, 3.63) is 24.3 Å². The topological polar surface area (TPSA) is 61.6 Å². The summed E-state index contributed by atoms with van der Waals surface area (Å²) in [6, 6.07) is 6.95. The van der Waals surface area contributed by atoms with Crippen molar-refractivity contribution >= 4 is 5.91 Å². The van der Waals surface area contributed by atoms with Gasteiger partial charge in [0.15, 0.2) is 6.10 Å². The summed E-state index contributed by atoms with van der Waals surface area (Å²) in [6.45, 7) is 1.60. The Morgan fingerprint density at radius 3 is 2.21 bits per heavy atom. The van der Waals surface area contributed by atoms with Gasteiger partial charge in [0.05, 0.1) is 7.11 Å². The first-order chi connectivity index (χ1) is 6.63. The minimum Gasteiger partial charge on any atom is -0.497 e. The van der Waals surface area contributed by atoms with Gasteiger partial charge in [-0.1, -0.05) is 0 Å². The third-order valence-corrected chi connectivity index (χ3v) is 1.77. The lowest BCUT2D eigenvalue weighted by Gasteiger charge is -2.11. The Bertz CT molecular complexity index is 308. The Morgan fingerprint density at radius 2 is 1.79 bits per heavy atom. The molecule has 0 fully saturated rings. The first-order valence-electron chi connectivity index (χ1n) is 4.23. The molecule has 1 amide bonds. The van der Waals surface area contributed by atoms with Crippen LogP contribution in [0.4, 0.5) is 0 Å². The predicted octanol–water partition coefficient (Wildman–Crippen LogP) is 0.948. The number of primary amides is 1. The van der Waals surface area contributed by atoms with Crippen LogP contribution in [-0.4, -0.2) is 19.1 Å². The van der Waals surface area contributed by atoms with E-state index < -0.39 is 12.0 Å². The Balaban J connectivity index is 2.64. The summed E-state index contributed by atoms with van der Waals surface area (Å²) in [4.78, 5) is 10.7. The summed E-state index contributed by atoms with van der Waals surface area (Å²) in [6.07, 6.45) is -0.622. The molecule has 0 aromatic heterocycles. The maximum absolute atomic E-state index is 10.7. The predicted molar refractivity (Wildman–Crippen MR) is 52.3 cm³/mol. The summed E-state index contributed by atoms with van der Waals surface area (Å²) < 4.78 is 10.2. The van der Waals surface area contributed by atoms with E-state index in [1.54, 1.807) is 38.3 Å². The minimum absolute atomic E-state index is 0.485. The molecule has 0 unspecified atom stereocenters. The van der Waals surface area contributed by atoms with E-state index in [9.17, 15) is 4.79 Å². The van der Waals surface area contributed by atoms with Gasteiger partial charge < -0.3 is 15.2 Å². The number of rotatable bonds is 4. The number of carbonyl (C=O) groups excluding carboxylic acids is 1. The third-order valence-electron chi connectivity index (χ3n) is 1.77. The highest BCUT2D eigenvalue weighted by Gasteiger charge is 2.09. The van der Waals surface area contributed by atoms with Crippen LogP contribution in [0.15, 0.2) is 24.3 Å². The first kappa shape index (κ1) is 10.4. The zero-order valence-corrected chi connectivity index (χ0v) is 8.19. The average molecular weight is 195 g/mol. The third kappa shape index (κ3) is 2.65. The van der Waals surface area contributed by atoms with Gasteiger partial charge in [-0.25, -0.2) is 0 Å². The van der Waals surface area contributed by atoms with Gasteiger partial charge in [0, 0.05) is 0 Å². The van der Waals surface area contributed by atoms with Gasteiger partial charge in [0.1, 0.15) is 11.5 Å². The van der Waals surface area contributed by atoms with Gasteiger partial charge in [-0.2, -0.15) is 0 Å². The molecular weight excluding hydrogens is 182 g/mol. The van der Waals surface area contributed by atoms with Crippen molar-refractivity contribution in [1.82, 2.24) is 0 Å². The number of hydrogen-bond acceptors (Lipinski definition) is 3. The van der Waals surface area contributed by atoms with E-state index in [1.807, 2.05) is 0 Å². The SMILES string of the molecule is COc1ccc(O[C@H](C)C(N)=O)cc1. The summed E-state index contributed by atoms with van der Waals surface area (Å²) >= 11 is 0. The highest BCUT2D eigenvalue weighted by Crippen LogP contribution is 2.17. The molecule has 0 aliphatic rings. The Morgan fingerprint density at radius 1 is 1.29 bits per heavy atom. The Kier molecular flexibility index (Phi) is 3.34. The molecule has 0 saturated carbocycles. The zero-order valence-electron chi connectivity index (χ0n) is 8.19. The van der Waals surface area contributed by atoms with Gasteiger partial charge >= 0.3 is 0 Å². The molecule has 14 heavy (non-hydrogen) atoms. The second-order valence-electron chi connectivity index (χ2n) is 2.84. The van der Waals surface area contributed by atoms with E-state index in [4.69, 9.17) is 15.2 Å². The van der Waals surface area contributed by atoms with Gasteiger partial charge in [0.2, 0.25) is 0 Å². The molecule has 0 radical (unpaired) electrons. The fourth-order valence-electron chi connectivity index (χ4n) is 0.916. The summed E-state index contributed by atoms with van der Waals surface area (Å²) in [5.74, 6) is 0.849. The summed E-state index contributed by atoms with van der Waals surface area (Å²) in [5.41, 5.74) is 5.05. The summed E-state index contributed by atoms with van der Waals surface area (Å²) in [7, 11) is 1.59. The molecule has 2 N–H and O–H groups in total. The largest absolute Gasteiger partial charge is 0.497 e. The lowest BCUT2D eigenvalue weighted by molar-refractivity contribution is -0.123. The van der Waals surface area contributed by atoms with Crippen molar-refractivity contribution in [3.63, 3.8) is 0 Å². The molecule has 1 atom stereocenters. The Labute approximate surface area is 82.6 Å². The van der Waals surface area contributed by atoms with Gasteiger partial charge in [0.25, 0.3) is 5.91 Å². The van der Waals surface area contributed by atoms with E-state index in [2.05, 4.69) is 0 Å². The van der Waals surface area contributed by atoms with Crippen molar-refractivity contribution < 1.29 is 14.3 Å².